The van der Waals surface area contributed by atoms with Gasteiger partial charge in [0.1, 0.15) is 5.76 Å². The van der Waals surface area contributed by atoms with E-state index >= 15 is 0 Å². The second-order valence-electron chi connectivity index (χ2n) is 14.1. The fourth-order valence-electron chi connectivity index (χ4n) is 8.15. The van der Waals surface area contributed by atoms with Gasteiger partial charge in [-0.2, -0.15) is 0 Å². The molecule has 4 heteroatoms. The first-order chi connectivity index (χ1) is 20.6. The Balaban J connectivity index is 1.98. The van der Waals surface area contributed by atoms with Crippen LogP contribution in [0.15, 0.2) is 11.3 Å². The molecule has 3 aliphatic carbocycles. The van der Waals surface area contributed by atoms with Gasteiger partial charge in [0.15, 0.2) is 0 Å². The van der Waals surface area contributed by atoms with Crippen LogP contribution < -0.4 is 0 Å². The molecule has 0 atom stereocenters. The van der Waals surface area contributed by atoms with Gasteiger partial charge in [0.05, 0.1) is 0 Å². The van der Waals surface area contributed by atoms with E-state index in [0.29, 0.717) is 37.0 Å². The fourth-order valence-corrected chi connectivity index (χ4v) is 8.15. The van der Waals surface area contributed by atoms with Gasteiger partial charge < -0.3 is 9.84 Å². The molecule has 3 fully saturated rings. The van der Waals surface area contributed by atoms with Crippen LogP contribution in [0.3, 0.4) is 0 Å². The third kappa shape index (κ3) is 14.4. The summed E-state index contributed by atoms with van der Waals surface area (Å²) in [5.41, 5.74) is 1.59. The van der Waals surface area contributed by atoms with E-state index in [1.807, 2.05) is 0 Å². The highest BCUT2D eigenvalue weighted by Crippen LogP contribution is 2.43. The molecule has 242 valence electrons. The Kier molecular flexibility index (Phi) is 18.6. The van der Waals surface area contributed by atoms with Gasteiger partial charge in [0.2, 0.25) is 0 Å². The summed E-state index contributed by atoms with van der Waals surface area (Å²) in [6.07, 6.45) is 37.0. The van der Waals surface area contributed by atoms with Crippen molar-refractivity contribution in [3.63, 3.8) is 0 Å². The summed E-state index contributed by atoms with van der Waals surface area (Å²) < 4.78 is 6.68. The van der Waals surface area contributed by atoms with E-state index in [9.17, 15) is 9.59 Å². The van der Waals surface area contributed by atoms with Crippen LogP contribution in [-0.4, -0.2) is 17.0 Å². The monoisotopic (exact) mass is 586 g/mol. The molecule has 0 bridgehead atoms. The molecule has 3 rings (SSSR count). The number of hydrogen-bond donors (Lipinski definition) is 1. The normalized spacial score (nSPS) is 22.5. The lowest BCUT2D eigenvalue weighted by molar-refractivity contribution is -0.141. The van der Waals surface area contributed by atoms with Crippen molar-refractivity contribution in [3.8, 4) is 0 Å². The van der Waals surface area contributed by atoms with Crippen molar-refractivity contribution in [3.05, 3.63) is 11.3 Å². The lowest BCUT2D eigenvalue weighted by Crippen LogP contribution is -2.24. The Labute approximate surface area is 259 Å². The zero-order valence-electron chi connectivity index (χ0n) is 27.3. The van der Waals surface area contributed by atoms with Crippen molar-refractivity contribution >= 4 is 11.9 Å². The average molecular weight is 587 g/mol. The van der Waals surface area contributed by atoms with Gasteiger partial charge in [-0.25, -0.2) is 0 Å². The Morgan fingerprint density at radius 3 is 1.12 bits per heavy atom. The van der Waals surface area contributed by atoms with Crippen molar-refractivity contribution in [2.24, 2.45) is 17.8 Å². The van der Waals surface area contributed by atoms with Crippen LogP contribution >= 0.6 is 0 Å². The molecule has 0 aromatic carbocycles. The molecule has 0 saturated heterocycles. The first-order valence-electron chi connectivity index (χ1n) is 18.8. The van der Waals surface area contributed by atoms with E-state index in [4.69, 9.17) is 9.84 Å². The largest absolute Gasteiger partial charge is 0.481 e. The van der Waals surface area contributed by atoms with E-state index in [1.54, 1.807) is 5.57 Å². The van der Waals surface area contributed by atoms with Crippen LogP contribution in [0.1, 0.15) is 199 Å². The van der Waals surface area contributed by atoms with Crippen LogP contribution in [-0.2, 0) is 14.3 Å². The maximum atomic E-state index is 13.5. The standard InChI is InChI=1S/C38H66O4/c39-35(40)30-22-23-31-36(41)42-38(34-28-20-14-8-3-9-15-21-29-34)37(32-24-16-10-4-1-5-11-17-25-32)33-26-18-12-6-2-7-13-19-27-33/h32-34H,1-31H2,(H,39,40). The lowest BCUT2D eigenvalue weighted by atomic mass is 9.73. The van der Waals surface area contributed by atoms with Gasteiger partial charge in [-0.15, -0.1) is 0 Å². The number of carboxylic acid groups (broad SMARTS) is 1. The molecular formula is C38H66O4. The summed E-state index contributed by atoms with van der Waals surface area (Å²) in [7, 11) is 0. The Hall–Kier alpha value is -1.32. The number of unbranched alkanes of at least 4 members (excludes halogenated alkanes) is 1. The van der Waals surface area contributed by atoms with Gasteiger partial charge in [0, 0.05) is 18.8 Å². The van der Waals surface area contributed by atoms with E-state index in [2.05, 4.69) is 0 Å². The first kappa shape index (κ1) is 35.2. The summed E-state index contributed by atoms with van der Waals surface area (Å²) in [6.45, 7) is 0. The molecule has 42 heavy (non-hydrogen) atoms. The van der Waals surface area contributed by atoms with Crippen molar-refractivity contribution < 1.29 is 19.4 Å². The smallest absolute Gasteiger partial charge is 0.310 e. The van der Waals surface area contributed by atoms with Crippen molar-refractivity contribution in [1.82, 2.24) is 0 Å². The summed E-state index contributed by atoms with van der Waals surface area (Å²) in [5, 5.41) is 9.09. The van der Waals surface area contributed by atoms with Crippen LogP contribution in [0.4, 0.5) is 0 Å². The van der Waals surface area contributed by atoms with E-state index < -0.39 is 5.97 Å². The number of carbonyl (C=O) groups excluding carboxylic acids is 1. The van der Waals surface area contributed by atoms with Gasteiger partial charge in [-0.1, -0.05) is 135 Å². The molecule has 3 saturated carbocycles. The van der Waals surface area contributed by atoms with Crippen molar-refractivity contribution in [2.45, 2.75) is 199 Å². The van der Waals surface area contributed by atoms with E-state index in [1.165, 1.54) is 161 Å². The lowest BCUT2D eigenvalue weighted by Gasteiger charge is -2.34. The minimum absolute atomic E-state index is 0.107. The number of esters is 1. The zero-order valence-corrected chi connectivity index (χ0v) is 27.3. The predicted octanol–water partition coefficient (Wildman–Crippen LogP) is 11.9. The number of rotatable bonds is 9. The van der Waals surface area contributed by atoms with Crippen molar-refractivity contribution in [1.29, 1.82) is 0 Å². The summed E-state index contributed by atoms with van der Waals surface area (Å²) in [6, 6.07) is 0. The molecule has 0 radical (unpaired) electrons. The molecule has 1 N–H and O–H groups in total. The third-order valence-corrected chi connectivity index (χ3v) is 10.6. The molecule has 0 aromatic heterocycles. The van der Waals surface area contributed by atoms with Crippen LogP contribution in [0, 0.1) is 17.8 Å². The maximum Gasteiger partial charge on any atom is 0.310 e. The number of hydrogen-bond acceptors (Lipinski definition) is 3. The highest BCUT2D eigenvalue weighted by atomic mass is 16.5. The van der Waals surface area contributed by atoms with Crippen LogP contribution in [0.2, 0.25) is 0 Å². The molecule has 3 aliphatic rings. The number of allylic oxidation sites excluding steroid dienone is 2. The molecule has 0 aromatic rings. The van der Waals surface area contributed by atoms with Gasteiger partial charge in [-0.05, 0) is 68.8 Å². The third-order valence-electron chi connectivity index (χ3n) is 10.6. The first-order valence-corrected chi connectivity index (χ1v) is 18.8. The minimum Gasteiger partial charge on any atom is -0.481 e. The molecule has 4 nitrogen and oxygen atoms in total. The van der Waals surface area contributed by atoms with Gasteiger partial charge in [-0.3, -0.25) is 9.59 Å². The van der Waals surface area contributed by atoms with Crippen LogP contribution in [0.5, 0.6) is 0 Å². The summed E-state index contributed by atoms with van der Waals surface area (Å²) in [4.78, 5) is 24.6. The molecular weight excluding hydrogens is 520 g/mol. The number of aliphatic carboxylic acids is 1. The summed E-state index contributed by atoms with van der Waals surface area (Å²) in [5.74, 6) is 1.72. The highest BCUT2D eigenvalue weighted by Gasteiger charge is 2.32. The minimum atomic E-state index is -0.778. The number of carboxylic acids is 1. The summed E-state index contributed by atoms with van der Waals surface area (Å²) >= 11 is 0. The Morgan fingerprint density at radius 1 is 0.452 bits per heavy atom. The second-order valence-corrected chi connectivity index (χ2v) is 14.1. The molecule has 0 amide bonds. The topological polar surface area (TPSA) is 63.6 Å². The van der Waals surface area contributed by atoms with Gasteiger partial charge >= 0.3 is 11.9 Å². The average Bonchev–Trinajstić information content (AvgIpc) is 2.99. The Bertz CT molecular complexity index is 713. The number of ether oxygens (including phenoxy) is 1. The second kappa shape index (κ2) is 22.2. The highest BCUT2D eigenvalue weighted by molar-refractivity contribution is 5.71. The molecule has 0 heterocycles. The zero-order chi connectivity index (χ0) is 29.7. The quantitative estimate of drug-likeness (QED) is 0.166. The molecule has 0 spiro atoms. The SMILES string of the molecule is O=C(O)CCCCC(=O)OC(=C(C1CCCCCCCCC1)C1CCCCCCCCC1)C1CCCCCCCCC1. The Morgan fingerprint density at radius 2 is 0.762 bits per heavy atom. The van der Waals surface area contributed by atoms with Crippen molar-refractivity contribution in [2.75, 3.05) is 0 Å². The van der Waals surface area contributed by atoms with E-state index in [0.717, 1.165) is 18.6 Å². The van der Waals surface area contributed by atoms with E-state index in [-0.39, 0.29) is 12.4 Å². The predicted molar refractivity (Wildman–Crippen MR) is 174 cm³/mol. The fraction of sp³-hybridized carbons (Fsp3) is 0.895. The number of carbonyl (C=O) groups is 2. The maximum absolute atomic E-state index is 13.5. The molecule has 0 unspecified atom stereocenters. The molecule has 0 aliphatic heterocycles. The van der Waals surface area contributed by atoms with Crippen LogP contribution in [0.25, 0.3) is 0 Å². The van der Waals surface area contributed by atoms with Gasteiger partial charge in [0.25, 0.3) is 0 Å².